The second kappa shape index (κ2) is 7.82. The molecule has 1 heterocycles. The van der Waals surface area contributed by atoms with E-state index in [4.69, 9.17) is 4.28 Å². The first kappa shape index (κ1) is 18.3. The predicted molar refractivity (Wildman–Crippen MR) is 99.3 cm³/mol. The number of benzene rings is 1. The molecule has 2 N–H and O–H groups in total. The van der Waals surface area contributed by atoms with Gasteiger partial charge in [0.2, 0.25) is 5.13 Å². The Morgan fingerprint density at radius 1 is 1.32 bits per heavy atom. The molecule has 0 spiro atoms. The molecule has 0 aliphatic heterocycles. The highest BCUT2D eigenvalue weighted by molar-refractivity contribution is 7.86. The molecule has 136 valence electrons. The van der Waals surface area contributed by atoms with Crippen molar-refractivity contribution >= 4 is 26.6 Å². The van der Waals surface area contributed by atoms with Gasteiger partial charge in [-0.3, -0.25) is 0 Å². The minimum atomic E-state index is -3.86. The lowest BCUT2D eigenvalue weighted by molar-refractivity contribution is 0.390. The van der Waals surface area contributed by atoms with E-state index in [1.165, 1.54) is 28.3 Å². The molecule has 1 aromatic heterocycles. The molecular formula is C17H23N3O3S2. The molecule has 0 bridgehead atoms. The van der Waals surface area contributed by atoms with Crippen molar-refractivity contribution in [2.45, 2.75) is 50.5 Å². The van der Waals surface area contributed by atoms with Crippen LogP contribution in [0.4, 0.5) is 5.13 Å². The minimum absolute atomic E-state index is 0.121. The number of aromatic nitrogens is 1. The van der Waals surface area contributed by atoms with Gasteiger partial charge in [0, 0.05) is 10.9 Å². The van der Waals surface area contributed by atoms with Crippen LogP contribution in [0.5, 0.6) is 0 Å². The maximum Gasteiger partial charge on any atom is 0.317 e. The molecule has 0 saturated carbocycles. The van der Waals surface area contributed by atoms with Gasteiger partial charge in [-0.2, -0.15) is 8.42 Å². The van der Waals surface area contributed by atoms with Crippen molar-refractivity contribution in [3.05, 3.63) is 40.4 Å². The van der Waals surface area contributed by atoms with Gasteiger partial charge in [0.25, 0.3) is 0 Å². The molecule has 1 atom stereocenters. The van der Waals surface area contributed by atoms with Crippen LogP contribution in [0.15, 0.2) is 29.2 Å². The van der Waals surface area contributed by atoms with Gasteiger partial charge in [-0.15, -0.1) is 4.28 Å². The number of nitrogens with one attached hydrogen (secondary N) is 2. The second-order valence-corrected chi connectivity index (χ2v) is 8.87. The highest BCUT2D eigenvalue weighted by Gasteiger charge is 2.23. The SMILES string of the molecule is CCCN[C@@H]1CCc2nc(NOS(=O)(=O)c3ccc(C)cc3)sc2C1. The van der Waals surface area contributed by atoms with E-state index >= 15 is 0 Å². The quantitative estimate of drug-likeness (QED) is 0.718. The average molecular weight is 382 g/mol. The molecule has 6 nitrogen and oxygen atoms in total. The first-order valence-corrected chi connectivity index (χ1v) is 10.7. The summed E-state index contributed by atoms with van der Waals surface area (Å²) in [6.07, 6.45) is 4.00. The van der Waals surface area contributed by atoms with Crippen LogP contribution >= 0.6 is 11.3 Å². The molecule has 3 rings (SSSR count). The molecule has 0 unspecified atom stereocenters. The van der Waals surface area contributed by atoms with Crippen LogP contribution in [0.3, 0.4) is 0 Å². The largest absolute Gasteiger partial charge is 0.317 e. The number of nitrogens with zero attached hydrogens (tertiary/aromatic N) is 1. The highest BCUT2D eigenvalue weighted by atomic mass is 32.2. The fraction of sp³-hybridized carbons (Fsp3) is 0.471. The summed E-state index contributed by atoms with van der Waals surface area (Å²) in [6, 6.07) is 7.01. The zero-order valence-electron chi connectivity index (χ0n) is 14.4. The summed E-state index contributed by atoms with van der Waals surface area (Å²) in [4.78, 5) is 5.78. The van der Waals surface area contributed by atoms with Crippen molar-refractivity contribution in [1.82, 2.24) is 10.3 Å². The van der Waals surface area contributed by atoms with Gasteiger partial charge < -0.3 is 5.32 Å². The van der Waals surface area contributed by atoms with Crippen molar-refractivity contribution in [2.24, 2.45) is 0 Å². The van der Waals surface area contributed by atoms with Gasteiger partial charge in [0.05, 0.1) is 10.6 Å². The first-order valence-electron chi connectivity index (χ1n) is 8.46. The summed E-state index contributed by atoms with van der Waals surface area (Å²) in [5.41, 5.74) is 4.54. The monoisotopic (exact) mass is 381 g/mol. The van der Waals surface area contributed by atoms with Crippen LogP contribution in [0.1, 0.15) is 35.9 Å². The molecule has 25 heavy (non-hydrogen) atoms. The van der Waals surface area contributed by atoms with E-state index in [0.29, 0.717) is 11.2 Å². The molecule has 2 aromatic rings. The van der Waals surface area contributed by atoms with Crippen LogP contribution < -0.4 is 10.8 Å². The van der Waals surface area contributed by atoms with E-state index in [1.807, 2.05) is 6.92 Å². The molecule has 0 radical (unpaired) electrons. The summed E-state index contributed by atoms with van der Waals surface area (Å²) in [5.74, 6) is 0. The molecule has 8 heteroatoms. The molecule has 1 aliphatic rings. The summed E-state index contributed by atoms with van der Waals surface area (Å²) in [6.45, 7) is 5.07. The maximum atomic E-state index is 12.2. The van der Waals surface area contributed by atoms with Crippen LogP contribution in [0, 0.1) is 6.92 Å². The zero-order chi connectivity index (χ0) is 17.9. The lowest BCUT2D eigenvalue weighted by Crippen LogP contribution is -2.34. The van der Waals surface area contributed by atoms with Gasteiger partial charge in [-0.05, 0) is 51.3 Å². The number of thiazole rings is 1. The van der Waals surface area contributed by atoms with E-state index in [-0.39, 0.29) is 4.90 Å². The van der Waals surface area contributed by atoms with Crippen molar-refractivity contribution in [2.75, 3.05) is 12.0 Å². The Bertz CT molecular complexity index is 816. The predicted octanol–water partition coefficient (Wildman–Crippen LogP) is 3.04. The maximum absolute atomic E-state index is 12.2. The third kappa shape index (κ3) is 4.58. The Balaban J connectivity index is 1.63. The number of rotatable bonds is 7. The molecular weight excluding hydrogens is 358 g/mol. The fourth-order valence-corrected chi connectivity index (χ4v) is 4.61. The number of anilines is 1. The Kier molecular flexibility index (Phi) is 5.73. The lowest BCUT2D eigenvalue weighted by atomic mass is 9.98. The summed E-state index contributed by atoms with van der Waals surface area (Å²) in [5, 5.41) is 4.02. The van der Waals surface area contributed by atoms with Gasteiger partial charge in [-0.25, -0.2) is 10.5 Å². The second-order valence-electron chi connectivity index (χ2n) is 6.24. The summed E-state index contributed by atoms with van der Waals surface area (Å²) >= 11 is 1.46. The van der Waals surface area contributed by atoms with Crippen LogP contribution in [0.2, 0.25) is 0 Å². The average Bonchev–Trinajstić information content (AvgIpc) is 3.01. The van der Waals surface area contributed by atoms with Crippen LogP contribution in [0.25, 0.3) is 0 Å². The smallest absolute Gasteiger partial charge is 0.314 e. The van der Waals surface area contributed by atoms with E-state index in [2.05, 4.69) is 22.7 Å². The van der Waals surface area contributed by atoms with Crippen molar-refractivity contribution < 1.29 is 12.7 Å². The number of hydrogen-bond donors (Lipinski definition) is 2. The number of aryl methyl sites for hydroxylation is 2. The molecule has 0 fully saturated rings. The minimum Gasteiger partial charge on any atom is -0.314 e. The van der Waals surface area contributed by atoms with E-state index < -0.39 is 10.1 Å². The molecule has 1 aliphatic carbocycles. The molecule has 0 amide bonds. The number of hydrogen-bond acceptors (Lipinski definition) is 7. The molecule has 1 aromatic carbocycles. The van der Waals surface area contributed by atoms with Gasteiger partial charge >= 0.3 is 10.1 Å². The fourth-order valence-electron chi connectivity index (χ4n) is 2.78. The summed E-state index contributed by atoms with van der Waals surface area (Å²) in [7, 11) is -3.86. The Morgan fingerprint density at radius 2 is 2.08 bits per heavy atom. The van der Waals surface area contributed by atoms with Crippen molar-refractivity contribution in [3.8, 4) is 0 Å². The number of fused-ring (bicyclic) bond motifs is 1. The highest BCUT2D eigenvalue weighted by Crippen LogP contribution is 2.30. The Morgan fingerprint density at radius 3 is 2.80 bits per heavy atom. The van der Waals surface area contributed by atoms with Crippen LogP contribution in [-0.4, -0.2) is 26.0 Å². The third-order valence-corrected chi connectivity index (χ3v) is 6.34. The lowest BCUT2D eigenvalue weighted by Gasteiger charge is -2.21. The van der Waals surface area contributed by atoms with Gasteiger partial charge in [-0.1, -0.05) is 36.0 Å². The molecule has 0 saturated heterocycles. The Labute approximate surface area is 152 Å². The summed E-state index contributed by atoms with van der Waals surface area (Å²) < 4.78 is 29.4. The van der Waals surface area contributed by atoms with E-state index in [9.17, 15) is 8.42 Å². The van der Waals surface area contributed by atoms with Crippen molar-refractivity contribution in [1.29, 1.82) is 0 Å². The van der Waals surface area contributed by atoms with Gasteiger partial charge in [0.15, 0.2) is 0 Å². The van der Waals surface area contributed by atoms with Crippen molar-refractivity contribution in [3.63, 3.8) is 0 Å². The van der Waals surface area contributed by atoms with Gasteiger partial charge in [0.1, 0.15) is 0 Å². The first-order chi connectivity index (χ1) is 12.0. The van der Waals surface area contributed by atoms with E-state index in [1.54, 1.807) is 12.1 Å². The normalized spacial score (nSPS) is 17.3. The topological polar surface area (TPSA) is 80.3 Å². The zero-order valence-corrected chi connectivity index (χ0v) is 16.0. The van der Waals surface area contributed by atoms with Crippen LogP contribution in [-0.2, 0) is 27.2 Å². The standard InChI is InChI=1S/C17H23N3O3S2/c1-3-10-18-13-6-9-15-16(11-13)24-17(19-15)20-23-25(21,22)14-7-4-12(2)5-8-14/h4-5,7-8,13,18H,3,6,9-11H2,1-2H3,(H,19,20)/t13-/m1/s1. The third-order valence-electron chi connectivity index (χ3n) is 4.17. The Hall–Kier alpha value is -1.48. The van der Waals surface area contributed by atoms with E-state index in [0.717, 1.165) is 43.5 Å².